The molecule has 1 unspecified atom stereocenters. The highest BCUT2D eigenvalue weighted by molar-refractivity contribution is 9.09. The highest BCUT2D eigenvalue weighted by Crippen LogP contribution is 2.60. The Morgan fingerprint density at radius 3 is 2.88 bits per heavy atom. The quantitative estimate of drug-likeness (QED) is 0.445. The van der Waals surface area contributed by atoms with Crippen molar-refractivity contribution in [1.29, 1.82) is 0 Å². The molecule has 4 heteroatoms. The molecule has 16 heavy (non-hydrogen) atoms. The summed E-state index contributed by atoms with van der Waals surface area (Å²) >= 11 is 3.50. The number of fused-ring (bicyclic) bond motifs is 2. The van der Waals surface area contributed by atoms with Gasteiger partial charge >= 0.3 is 5.97 Å². The number of hydrogen-bond acceptors (Lipinski definition) is 3. The topological polar surface area (TPSA) is 43.4 Å². The van der Waals surface area contributed by atoms with Gasteiger partial charge in [0.05, 0.1) is 7.11 Å². The normalized spacial score (nSPS) is 42.2. The molecule has 0 radical (unpaired) electrons. The first kappa shape index (κ1) is 12.1. The third kappa shape index (κ3) is 1.45. The monoisotopic (exact) mass is 288 g/mol. The van der Waals surface area contributed by atoms with Gasteiger partial charge in [0.2, 0.25) is 0 Å². The zero-order valence-corrected chi connectivity index (χ0v) is 11.3. The number of halogens is 1. The molecule has 3 atom stereocenters. The van der Waals surface area contributed by atoms with E-state index in [2.05, 4.69) is 22.9 Å². The molecule has 90 valence electrons. The molecular formula is C12H17BrO3. The molecule has 0 amide bonds. The first-order valence-electron chi connectivity index (χ1n) is 5.66. The van der Waals surface area contributed by atoms with Crippen LogP contribution in [0.2, 0.25) is 0 Å². The SMILES string of the molecule is COC(=O)[C@]12CC(CBr)[C@](C)(CCC1=O)C2. The summed E-state index contributed by atoms with van der Waals surface area (Å²) < 4.78 is 4.84. The molecule has 0 saturated heterocycles. The maximum atomic E-state index is 12.1. The van der Waals surface area contributed by atoms with E-state index in [9.17, 15) is 9.59 Å². The minimum Gasteiger partial charge on any atom is -0.468 e. The van der Waals surface area contributed by atoms with Crippen LogP contribution in [-0.2, 0) is 14.3 Å². The van der Waals surface area contributed by atoms with Crippen molar-refractivity contribution >= 4 is 27.7 Å². The predicted molar refractivity (Wildman–Crippen MR) is 63.3 cm³/mol. The Morgan fingerprint density at radius 1 is 1.62 bits per heavy atom. The summed E-state index contributed by atoms with van der Waals surface area (Å²) in [6.45, 7) is 2.19. The number of Topliss-reactive ketones (excluding diaryl/α,β-unsaturated/α-hetero) is 1. The summed E-state index contributed by atoms with van der Waals surface area (Å²) in [6.07, 6.45) is 2.75. The predicted octanol–water partition coefficient (Wildman–Crippen LogP) is 2.32. The third-order valence-corrected chi connectivity index (χ3v) is 5.29. The van der Waals surface area contributed by atoms with Crippen molar-refractivity contribution in [1.82, 2.24) is 0 Å². The number of esters is 1. The molecule has 0 aromatic heterocycles. The van der Waals surface area contributed by atoms with Gasteiger partial charge in [-0.1, -0.05) is 22.9 Å². The number of methoxy groups -OCH3 is 1. The van der Waals surface area contributed by atoms with E-state index in [1.165, 1.54) is 7.11 Å². The molecule has 0 spiro atoms. The fourth-order valence-electron chi connectivity index (χ4n) is 3.42. The second-order valence-electron chi connectivity index (χ2n) is 5.38. The van der Waals surface area contributed by atoms with Crippen molar-refractivity contribution in [2.45, 2.75) is 32.6 Å². The Bertz CT molecular complexity index is 331. The van der Waals surface area contributed by atoms with E-state index >= 15 is 0 Å². The van der Waals surface area contributed by atoms with Crippen LogP contribution in [0.4, 0.5) is 0 Å². The third-order valence-electron chi connectivity index (χ3n) is 4.51. The van der Waals surface area contributed by atoms with Crippen LogP contribution in [0.3, 0.4) is 0 Å². The molecule has 0 aliphatic heterocycles. The first-order valence-corrected chi connectivity index (χ1v) is 6.78. The van der Waals surface area contributed by atoms with Crippen molar-refractivity contribution < 1.29 is 14.3 Å². The number of alkyl halides is 1. The van der Waals surface area contributed by atoms with Crippen LogP contribution < -0.4 is 0 Å². The molecule has 2 aliphatic carbocycles. The smallest absolute Gasteiger partial charge is 0.319 e. The lowest BCUT2D eigenvalue weighted by atomic mass is 9.68. The molecule has 2 saturated carbocycles. The number of ketones is 1. The average molecular weight is 289 g/mol. The second kappa shape index (κ2) is 3.83. The fraction of sp³-hybridized carbons (Fsp3) is 0.833. The van der Waals surface area contributed by atoms with Crippen LogP contribution in [0, 0.1) is 16.7 Å². The lowest BCUT2D eigenvalue weighted by Gasteiger charge is -2.35. The van der Waals surface area contributed by atoms with E-state index in [4.69, 9.17) is 4.74 Å². The van der Waals surface area contributed by atoms with E-state index in [0.29, 0.717) is 25.2 Å². The van der Waals surface area contributed by atoms with Gasteiger partial charge in [0, 0.05) is 11.8 Å². The summed E-state index contributed by atoms with van der Waals surface area (Å²) in [4.78, 5) is 24.0. The summed E-state index contributed by atoms with van der Waals surface area (Å²) in [5.41, 5.74) is -0.716. The highest BCUT2D eigenvalue weighted by atomic mass is 79.9. The maximum Gasteiger partial charge on any atom is 0.319 e. The van der Waals surface area contributed by atoms with Gasteiger partial charge in [0.1, 0.15) is 11.2 Å². The van der Waals surface area contributed by atoms with E-state index in [0.717, 1.165) is 11.8 Å². The van der Waals surface area contributed by atoms with Crippen molar-refractivity contribution in [3.63, 3.8) is 0 Å². The van der Waals surface area contributed by atoms with Crippen LogP contribution in [0.1, 0.15) is 32.6 Å². The van der Waals surface area contributed by atoms with Gasteiger partial charge in [-0.15, -0.1) is 0 Å². The van der Waals surface area contributed by atoms with E-state index in [1.807, 2.05) is 0 Å². The molecule has 0 aromatic carbocycles. The van der Waals surface area contributed by atoms with Gasteiger partial charge in [0.25, 0.3) is 0 Å². The number of carbonyl (C=O) groups excluding carboxylic acids is 2. The van der Waals surface area contributed by atoms with Crippen LogP contribution in [-0.4, -0.2) is 24.2 Å². The Labute approximate surface area is 104 Å². The largest absolute Gasteiger partial charge is 0.468 e. The van der Waals surface area contributed by atoms with Crippen LogP contribution in [0.25, 0.3) is 0 Å². The van der Waals surface area contributed by atoms with Gasteiger partial charge < -0.3 is 4.74 Å². The summed E-state index contributed by atoms with van der Waals surface area (Å²) in [6, 6.07) is 0. The zero-order valence-electron chi connectivity index (χ0n) is 9.72. The van der Waals surface area contributed by atoms with Crippen molar-refractivity contribution in [2.24, 2.45) is 16.7 Å². The van der Waals surface area contributed by atoms with E-state index < -0.39 is 5.41 Å². The molecule has 2 bridgehead atoms. The second-order valence-corrected chi connectivity index (χ2v) is 6.03. The number of hydrogen-bond donors (Lipinski definition) is 0. The van der Waals surface area contributed by atoms with Gasteiger partial charge in [-0.2, -0.15) is 0 Å². The Balaban J connectivity index is 2.38. The minimum atomic E-state index is -0.833. The Kier molecular flexibility index (Phi) is 2.89. The standard InChI is InChI=1S/C12H17BrO3/c1-11-4-3-9(14)12(7-11,10(15)16-2)5-8(11)6-13/h8H,3-7H2,1-2H3/t8?,11-,12+/m1/s1. The Hall–Kier alpha value is -0.380. The number of carbonyl (C=O) groups is 2. The van der Waals surface area contributed by atoms with Crippen molar-refractivity contribution in [3.05, 3.63) is 0 Å². The minimum absolute atomic E-state index is 0.0836. The van der Waals surface area contributed by atoms with E-state index in [-0.39, 0.29) is 17.2 Å². The summed E-state index contributed by atoms with van der Waals surface area (Å²) in [7, 11) is 1.37. The average Bonchev–Trinajstić information content (AvgIpc) is 2.54. The molecule has 2 fully saturated rings. The molecule has 0 heterocycles. The highest BCUT2D eigenvalue weighted by Gasteiger charge is 2.62. The number of ether oxygens (including phenoxy) is 1. The van der Waals surface area contributed by atoms with Crippen molar-refractivity contribution in [3.8, 4) is 0 Å². The van der Waals surface area contributed by atoms with Crippen LogP contribution >= 0.6 is 15.9 Å². The van der Waals surface area contributed by atoms with Gasteiger partial charge in [0.15, 0.2) is 0 Å². The molecular weight excluding hydrogens is 272 g/mol. The van der Waals surface area contributed by atoms with Gasteiger partial charge in [-0.3, -0.25) is 9.59 Å². The van der Waals surface area contributed by atoms with Gasteiger partial charge in [-0.05, 0) is 30.6 Å². The molecule has 0 aromatic rings. The molecule has 0 N–H and O–H groups in total. The van der Waals surface area contributed by atoms with Crippen molar-refractivity contribution in [2.75, 3.05) is 12.4 Å². The lowest BCUT2D eigenvalue weighted by Crippen LogP contribution is -2.42. The summed E-state index contributed by atoms with van der Waals surface area (Å²) in [5, 5.41) is 0.857. The van der Waals surface area contributed by atoms with Crippen LogP contribution in [0.5, 0.6) is 0 Å². The zero-order chi connectivity index (χ0) is 12.0. The molecule has 2 rings (SSSR count). The molecule has 3 nitrogen and oxygen atoms in total. The van der Waals surface area contributed by atoms with Crippen LogP contribution in [0.15, 0.2) is 0 Å². The Morgan fingerprint density at radius 2 is 2.31 bits per heavy atom. The van der Waals surface area contributed by atoms with E-state index in [1.54, 1.807) is 0 Å². The first-order chi connectivity index (χ1) is 7.48. The van der Waals surface area contributed by atoms with Gasteiger partial charge in [-0.25, -0.2) is 0 Å². The summed E-state index contributed by atoms with van der Waals surface area (Å²) in [5.74, 6) is 0.158. The maximum absolute atomic E-state index is 12.1. The fourth-order valence-corrected chi connectivity index (χ4v) is 4.43. The number of rotatable bonds is 2. The lowest BCUT2D eigenvalue weighted by molar-refractivity contribution is -0.159. The molecule has 2 aliphatic rings.